The van der Waals surface area contributed by atoms with E-state index in [1.165, 1.54) is 0 Å². The smallest absolute Gasteiger partial charge is 0.320 e. The minimum atomic E-state index is -0.780. The summed E-state index contributed by atoms with van der Waals surface area (Å²) in [5.41, 5.74) is 0.176. The molecule has 2 atom stereocenters. The van der Waals surface area contributed by atoms with E-state index < -0.39 is 12.0 Å². The maximum Gasteiger partial charge on any atom is 0.320 e. The number of rotatable bonds is 3. The lowest BCUT2D eigenvalue weighted by Gasteiger charge is -2.26. The molecule has 1 fully saturated rings. The molecule has 4 nitrogen and oxygen atoms in total. The third kappa shape index (κ3) is 2.45. The van der Waals surface area contributed by atoms with Crippen LogP contribution in [0, 0.1) is 0 Å². The van der Waals surface area contributed by atoms with E-state index in [0.717, 1.165) is 13.0 Å². The summed E-state index contributed by atoms with van der Waals surface area (Å²) in [5, 5.41) is 11.9. The van der Waals surface area contributed by atoms with Crippen molar-refractivity contribution in [3.8, 4) is 0 Å². The summed E-state index contributed by atoms with van der Waals surface area (Å²) in [5.74, 6) is -0.780. The van der Waals surface area contributed by atoms with E-state index in [9.17, 15) is 4.79 Å². The van der Waals surface area contributed by atoms with Crippen molar-refractivity contribution in [1.29, 1.82) is 0 Å². The molecule has 0 spiro atoms. The fraction of sp³-hybridized carbons (Fsp3) is 0.900. The lowest BCUT2D eigenvalue weighted by molar-refractivity contribution is -0.139. The minimum Gasteiger partial charge on any atom is -0.480 e. The summed E-state index contributed by atoms with van der Waals surface area (Å²) < 4.78 is 0. The van der Waals surface area contributed by atoms with E-state index in [1.54, 1.807) is 6.92 Å². The maximum atomic E-state index is 10.7. The molecule has 0 saturated carbocycles. The van der Waals surface area contributed by atoms with Crippen molar-refractivity contribution in [1.82, 2.24) is 10.2 Å². The second kappa shape index (κ2) is 3.87. The zero-order valence-corrected chi connectivity index (χ0v) is 9.37. The molecule has 0 aliphatic carbocycles. The summed E-state index contributed by atoms with van der Waals surface area (Å²) >= 11 is 0. The van der Waals surface area contributed by atoms with Gasteiger partial charge in [-0.1, -0.05) is 0 Å². The number of hydrogen-bond donors (Lipinski definition) is 2. The number of likely N-dealkylation sites (N-methyl/N-ethyl adjacent to an activating group) is 1. The molecule has 0 aromatic rings. The number of carboxylic acid groups (broad SMARTS) is 1. The standard InChI is InChI=1S/C10H20N2O2/c1-7(9(13)14)11-8-5-10(2,3)12(4)6-8/h7-8,11H,5-6H2,1-4H3,(H,13,14). The van der Waals surface area contributed by atoms with Gasteiger partial charge < -0.3 is 10.4 Å². The predicted molar refractivity (Wildman–Crippen MR) is 55.3 cm³/mol. The quantitative estimate of drug-likeness (QED) is 0.698. The van der Waals surface area contributed by atoms with Gasteiger partial charge in [0, 0.05) is 18.1 Å². The van der Waals surface area contributed by atoms with Gasteiger partial charge in [-0.3, -0.25) is 9.69 Å². The van der Waals surface area contributed by atoms with Crippen LogP contribution in [0.25, 0.3) is 0 Å². The Morgan fingerprint density at radius 3 is 2.57 bits per heavy atom. The van der Waals surface area contributed by atoms with E-state index in [0.29, 0.717) is 6.04 Å². The maximum absolute atomic E-state index is 10.7. The number of likely N-dealkylation sites (tertiary alicyclic amines) is 1. The molecule has 1 aliphatic rings. The molecule has 0 aromatic heterocycles. The second-order valence-electron chi connectivity index (χ2n) is 4.82. The van der Waals surface area contributed by atoms with E-state index in [-0.39, 0.29) is 5.54 Å². The van der Waals surface area contributed by atoms with Crippen LogP contribution < -0.4 is 5.32 Å². The van der Waals surface area contributed by atoms with Crippen LogP contribution in [0.2, 0.25) is 0 Å². The summed E-state index contributed by atoms with van der Waals surface area (Å²) in [6.45, 7) is 6.97. The fourth-order valence-electron chi connectivity index (χ4n) is 1.94. The molecule has 14 heavy (non-hydrogen) atoms. The Bertz CT molecular complexity index is 228. The van der Waals surface area contributed by atoms with Crippen LogP contribution in [0.1, 0.15) is 27.2 Å². The van der Waals surface area contributed by atoms with Crippen LogP contribution in [0.3, 0.4) is 0 Å². The highest BCUT2D eigenvalue weighted by molar-refractivity contribution is 5.72. The molecule has 1 rings (SSSR count). The number of nitrogens with one attached hydrogen (secondary N) is 1. The first-order valence-electron chi connectivity index (χ1n) is 5.03. The molecule has 2 unspecified atom stereocenters. The number of carbonyl (C=O) groups is 1. The Hall–Kier alpha value is -0.610. The molecule has 1 saturated heterocycles. The van der Waals surface area contributed by atoms with E-state index in [1.807, 2.05) is 0 Å². The normalized spacial score (nSPS) is 29.0. The van der Waals surface area contributed by atoms with E-state index in [2.05, 4.69) is 31.1 Å². The van der Waals surface area contributed by atoms with Crippen LogP contribution in [0.5, 0.6) is 0 Å². The second-order valence-corrected chi connectivity index (χ2v) is 4.82. The highest BCUT2D eigenvalue weighted by atomic mass is 16.4. The first kappa shape index (κ1) is 11.5. The van der Waals surface area contributed by atoms with Gasteiger partial charge in [-0.2, -0.15) is 0 Å². The van der Waals surface area contributed by atoms with Crippen LogP contribution in [0.15, 0.2) is 0 Å². The van der Waals surface area contributed by atoms with Crippen molar-refractivity contribution in [2.75, 3.05) is 13.6 Å². The third-order valence-electron chi connectivity index (χ3n) is 3.13. The van der Waals surface area contributed by atoms with Gasteiger partial charge in [-0.25, -0.2) is 0 Å². The summed E-state index contributed by atoms with van der Waals surface area (Å²) in [6.07, 6.45) is 1.00. The average Bonchev–Trinajstić information content (AvgIpc) is 2.25. The zero-order valence-electron chi connectivity index (χ0n) is 9.37. The lowest BCUT2D eigenvalue weighted by atomic mass is 10.0. The highest BCUT2D eigenvalue weighted by Gasteiger charge is 2.36. The Balaban J connectivity index is 2.47. The molecule has 2 N–H and O–H groups in total. The molecular formula is C10H20N2O2. The Kier molecular flexibility index (Phi) is 3.17. The fourth-order valence-corrected chi connectivity index (χ4v) is 1.94. The van der Waals surface area contributed by atoms with Crippen molar-refractivity contribution in [3.05, 3.63) is 0 Å². The molecule has 0 bridgehead atoms. The SMILES string of the molecule is CC(NC1CN(C)C(C)(C)C1)C(=O)O. The highest BCUT2D eigenvalue weighted by Crippen LogP contribution is 2.26. The van der Waals surface area contributed by atoms with Gasteiger partial charge in [0.25, 0.3) is 0 Å². The molecule has 0 amide bonds. The van der Waals surface area contributed by atoms with Crippen LogP contribution in [-0.2, 0) is 4.79 Å². The molecular weight excluding hydrogens is 180 g/mol. The molecule has 0 aromatic carbocycles. The largest absolute Gasteiger partial charge is 0.480 e. The Morgan fingerprint density at radius 1 is 1.64 bits per heavy atom. The Labute approximate surface area is 85.3 Å². The van der Waals surface area contributed by atoms with E-state index in [4.69, 9.17) is 5.11 Å². The minimum absolute atomic E-state index is 0.176. The van der Waals surface area contributed by atoms with Gasteiger partial charge in [0.1, 0.15) is 6.04 Å². The third-order valence-corrected chi connectivity index (χ3v) is 3.13. The van der Waals surface area contributed by atoms with Crippen LogP contribution >= 0.6 is 0 Å². The average molecular weight is 200 g/mol. The molecule has 82 valence electrons. The zero-order chi connectivity index (χ0) is 10.9. The van der Waals surface area contributed by atoms with Gasteiger partial charge in [0.05, 0.1) is 0 Å². The summed E-state index contributed by atoms with van der Waals surface area (Å²) in [4.78, 5) is 12.9. The van der Waals surface area contributed by atoms with E-state index >= 15 is 0 Å². The first-order chi connectivity index (χ1) is 6.33. The van der Waals surface area contributed by atoms with Gasteiger partial charge in [0.2, 0.25) is 0 Å². The van der Waals surface area contributed by atoms with Crippen molar-refractivity contribution in [2.45, 2.75) is 44.8 Å². The van der Waals surface area contributed by atoms with Gasteiger partial charge in [-0.15, -0.1) is 0 Å². The Morgan fingerprint density at radius 2 is 2.21 bits per heavy atom. The molecule has 0 radical (unpaired) electrons. The number of aliphatic carboxylic acids is 1. The van der Waals surface area contributed by atoms with Crippen molar-refractivity contribution < 1.29 is 9.90 Å². The van der Waals surface area contributed by atoms with Gasteiger partial charge in [-0.05, 0) is 34.2 Å². The predicted octanol–water partition coefficient (Wildman–Crippen LogP) is 0.532. The van der Waals surface area contributed by atoms with Crippen molar-refractivity contribution in [2.24, 2.45) is 0 Å². The first-order valence-corrected chi connectivity index (χ1v) is 5.03. The molecule has 1 aliphatic heterocycles. The monoisotopic (exact) mass is 200 g/mol. The molecule has 1 heterocycles. The number of nitrogens with zero attached hydrogens (tertiary/aromatic N) is 1. The van der Waals surface area contributed by atoms with Crippen LogP contribution in [0.4, 0.5) is 0 Å². The van der Waals surface area contributed by atoms with Crippen molar-refractivity contribution >= 4 is 5.97 Å². The summed E-state index contributed by atoms with van der Waals surface area (Å²) in [7, 11) is 2.08. The number of carboxylic acids is 1. The van der Waals surface area contributed by atoms with Crippen molar-refractivity contribution in [3.63, 3.8) is 0 Å². The topological polar surface area (TPSA) is 52.6 Å². The van der Waals surface area contributed by atoms with Crippen LogP contribution in [-0.4, -0.2) is 47.2 Å². The number of hydrogen-bond acceptors (Lipinski definition) is 3. The van der Waals surface area contributed by atoms with Gasteiger partial charge in [0.15, 0.2) is 0 Å². The lowest BCUT2D eigenvalue weighted by Crippen LogP contribution is -2.42. The summed E-state index contributed by atoms with van der Waals surface area (Å²) in [6, 6.07) is -0.164. The van der Waals surface area contributed by atoms with Gasteiger partial charge >= 0.3 is 5.97 Å². The molecule has 4 heteroatoms.